The third kappa shape index (κ3) is 1.21. The first kappa shape index (κ1) is 8.97. The molecule has 3 N–H and O–H groups in total. The minimum atomic E-state index is -0.269. The number of allylic oxidation sites excluding steroid dienone is 2. The fourth-order valence-corrected chi connectivity index (χ4v) is 2.97. The number of primary amides is 1. The van der Waals surface area contributed by atoms with Crippen molar-refractivity contribution in [2.45, 2.75) is 24.9 Å². The van der Waals surface area contributed by atoms with Crippen LogP contribution in [0.1, 0.15) is 12.8 Å². The number of carbonyl (C=O) groups is 1. The van der Waals surface area contributed by atoms with Crippen molar-refractivity contribution in [3.63, 3.8) is 0 Å². The van der Waals surface area contributed by atoms with Crippen molar-refractivity contribution in [3.05, 3.63) is 23.4 Å². The Balaban J connectivity index is 2.01. The average Bonchev–Trinajstić information content (AvgIpc) is 2.65. The van der Waals surface area contributed by atoms with Gasteiger partial charge in [0, 0.05) is 30.4 Å². The molecule has 15 heavy (non-hydrogen) atoms. The molecular formula is C11H15N3O. The summed E-state index contributed by atoms with van der Waals surface area (Å²) in [6.07, 6.45) is 6.13. The van der Waals surface area contributed by atoms with Crippen LogP contribution in [0.4, 0.5) is 0 Å². The van der Waals surface area contributed by atoms with Gasteiger partial charge in [-0.15, -0.1) is 0 Å². The minimum absolute atomic E-state index is 0.245. The molecule has 3 aliphatic rings. The van der Waals surface area contributed by atoms with E-state index in [1.165, 1.54) is 5.70 Å². The lowest BCUT2D eigenvalue weighted by Gasteiger charge is -2.40. The summed E-state index contributed by atoms with van der Waals surface area (Å²) in [5.41, 5.74) is 7.48. The highest BCUT2D eigenvalue weighted by molar-refractivity contribution is 5.94. The summed E-state index contributed by atoms with van der Waals surface area (Å²) >= 11 is 0. The van der Waals surface area contributed by atoms with Crippen LogP contribution in [0.25, 0.3) is 0 Å². The third-order valence-electron chi connectivity index (χ3n) is 3.62. The average molecular weight is 205 g/mol. The highest BCUT2D eigenvalue weighted by atomic mass is 16.1. The molecule has 0 spiro atoms. The van der Waals surface area contributed by atoms with E-state index in [4.69, 9.17) is 5.73 Å². The molecule has 2 saturated heterocycles. The van der Waals surface area contributed by atoms with Crippen LogP contribution in [0.2, 0.25) is 0 Å². The predicted octanol–water partition coefficient (Wildman–Crippen LogP) is -0.268. The van der Waals surface area contributed by atoms with Crippen molar-refractivity contribution < 1.29 is 4.79 Å². The molecule has 3 rings (SSSR count). The van der Waals surface area contributed by atoms with Gasteiger partial charge in [-0.1, -0.05) is 0 Å². The van der Waals surface area contributed by atoms with Crippen molar-refractivity contribution in [1.82, 2.24) is 10.2 Å². The molecule has 0 aromatic rings. The largest absolute Gasteiger partial charge is 0.366 e. The van der Waals surface area contributed by atoms with Crippen LogP contribution in [0, 0.1) is 0 Å². The van der Waals surface area contributed by atoms with E-state index in [1.807, 2.05) is 12.2 Å². The Labute approximate surface area is 88.8 Å². The van der Waals surface area contributed by atoms with Gasteiger partial charge >= 0.3 is 0 Å². The van der Waals surface area contributed by atoms with Crippen LogP contribution < -0.4 is 11.1 Å². The Morgan fingerprint density at radius 3 is 3.13 bits per heavy atom. The molecule has 0 aromatic heterocycles. The molecule has 4 nitrogen and oxygen atoms in total. The van der Waals surface area contributed by atoms with Crippen LogP contribution in [0.5, 0.6) is 0 Å². The van der Waals surface area contributed by atoms with Gasteiger partial charge < -0.3 is 16.0 Å². The molecule has 80 valence electrons. The molecule has 0 saturated carbocycles. The van der Waals surface area contributed by atoms with Crippen LogP contribution in [-0.2, 0) is 4.79 Å². The van der Waals surface area contributed by atoms with Gasteiger partial charge in [-0.25, -0.2) is 0 Å². The number of carbonyl (C=O) groups excluding carboxylic acids is 1. The third-order valence-corrected chi connectivity index (χ3v) is 3.62. The summed E-state index contributed by atoms with van der Waals surface area (Å²) in [6, 6.07) is 0.799. The zero-order valence-electron chi connectivity index (χ0n) is 8.57. The smallest absolute Gasteiger partial charge is 0.246 e. The first-order chi connectivity index (χ1) is 7.27. The highest BCUT2D eigenvalue weighted by Gasteiger charge is 2.41. The van der Waals surface area contributed by atoms with Gasteiger partial charge in [0.15, 0.2) is 0 Å². The van der Waals surface area contributed by atoms with Gasteiger partial charge in [0.25, 0.3) is 0 Å². The monoisotopic (exact) mass is 205 g/mol. The van der Waals surface area contributed by atoms with Gasteiger partial charge in [-0.05, 0) is 25.0 Å². The molecule has 2 atom stereocenters. The maximum atomic E-state index is 11.3. The molecular weight excluding hydrogens is 190 g/mol. The lowest BCUT2D eigenvalue weighted by Crippen LogP contribution is -2.51. The first-order valence-corrected chi connectivity index (χ1v) is 5.47. The quantitative estimate of drug-likeness (QED) is 0.619. The Kier molecular flexibility index (Phi) is 1.85. The standard InChI is InChI=1S/C11H15N3O/c12-11(15)9-3-1-7-5-13-6-8-2-4-10(9)14(7)8/h1,3,8,10,13H,2,4-6H2,(H2,12,15). The lowest BCUT2D eigenvalue weighted by molar-refractivity contribution is -0.115. The number of hydrogen-bond donors (Lipinski definition) is 2. The fraction of sp³-hybridized carbons (Fsp3) is 0.545. The number of hydrogen-bond acceptors (Lipinski definition) is 3. The number of nitrogens with one attached hydrogen (secondary N) is 1. The van der Waals surface area contributed by atoms with E-state index in [1.54, 1.807) is 0 Å². The maximum Gasteiger partial charge on any atom is 0.246 e. The maximum absolute atomic E-state index is 11.3. The van der Waals surface area contributed by atoms with E-state index in [9.17, 15) is 4.79 Å². The van der Waals surface area contributed by atoms with Crippen molar-refractivity contribution in [3.8, 4) is 0 Å². The van der Waals surface area contributed by atoms with Gasteiger partial charge in [0.2, 0.25) is 5.91 Å². The van der Waals surface area contributed by atoms with Crippen LogP contribution in [-0.4, -0.2) is 36.0 Å². The van der Waals surface area contributed by atoms with E-state index in [0.29, 0.717) is 6.04 Å². The number of amides is 1. The Morgan fingerprint density at radius 2 is 2.33 bits per heavy atom. The highest BCUT2D eigenvalue weighted by Crippen LogP contribution is 2.36. The lowest BCUT2D eigenvalue weighted by atomic mass is 9.99. The normalized spacial score (nSPS) is 33.2. The fourth-order valence-electron chi connectivity index (χ4n) is 2.97. The second kappa shape index (κ2) is 3.10. The SMILES string of the molecule is NC(=O)C1=CC=C2CNCC3CCC1N23. The van der Waals surface area contributed by atoms with Crippen molar-refractivity contribution in [1.29, 1.82) is 0 Å². The summed E-state index contributed by atoms with van der Waals surface area (Å²) in [4.78, 5) is 13.7. The predicted molar refractivity (Wildman–Crippen MR) is 56.9 cm³/mol. The van der Waals surface area contributed by atoms with Crippen molar-refractivity contribution in [2.75, 3.05) is 13.1 Å². The zero-order chi connectivity index (χ0) is 10.4. The van der Waals surface area contributed by atoms with Crippen molar-refractivity contribution >= 4 is 5.91 Å². The molecule has 2 fully saturated rings. The van der Waals surface area contributed by atoms with E-state index >= 15 is 0 Å². The molecule has 0 aliphatic carbocycles. The van der Waals surface area contributed by atoms with Gasteiger partial charge in [-0.3, -0.25) is 4.79 Å². The summed E-state index contributed by atoms with van der Waals surface area (Å²) in [5, 5.41) is 3.40. The van der Waals surface area contributed by atoms with Gasteiger partial charge in [0.05, 0.1) is 6.04 Å². The Morgan fingerprint density at radius 1 is 1.47 bits per heavy atom. The second-order valence-corrected chi connectivity index (χ2v) is 4.43. The van der Waals surface area contributed by atoms with Crippen LogP contribution >= 0.6 is 0 Å². The number of rotatable bonds is 1. The summed E-state index contributed by atoms with van der Waals surface area (Å²) in [7, 11) is 0. The van der Waals surface area contributed by atoms with Crippen LogP contribution in [0.3, 0.4) is 0 Å². The molecule has 0 aromatic carbocycles. The molecule has 4 heteroatoms. The molecule has 3 aliphatic heterocycles. The van der Waals surface area contributed by atoms with Gasteiger partial charge in [0.1, 0.15) is 0 Å². The molecule has 2 unspecified atom stereocenters. The first-order valence-electron chi connectivity index (χ1n) is 5.47. The molecule has 0 radical (unpaired) electrons. The van der Waals surface area contributed by atoms with Gasteiger partial charge in [-0.2, -0.15) is 0 Å². The van der Waals surface area contributed by atoms with E-state index in [-0.39, 0.29) is 11.9 Å². The summed E-state index contributed by atoms with van der Waals surface area (Å²) in [6.45, 7) is 1.94. The van der Waals surface area contributed by atoms with E-state index < -0.39 is 0 Å². The van der Waals surface area contributed by atoms with Crippen LogP contribution in [0.15, 0.2) is 23.4 Å². The summed E-state index contributed by atoms with van der Waals surface area (Å²) in [5.74, 6) is -0.269. The molecule has 0 bridgehead atoms. The Hall–Kier alpha value is -1.29. The van der Waals surface area contributed by atoms with E-state index in [0.717, 1.165) is 31.5 Å². The van der Waals surface area contributed by atoms with Crippen molar-refractivity contribution in [2.24, 2.45) is 5.73 Å². The van der Waals surface area contributed by atoms with E-state index in [2.05, 4.69) is 10.2 Å². The second-order valence-electron chi connectivity index (χ2n) is 4.43. The Bertz CT molecular complexity index is 372. The number of piperazine rings is 1. The minimum Gasteiger partial charge on any atom is -0.366 e. The topological polar surface area (TPSA) is 58.4 Å². The molecule has 1 amide bonds. The summed E-state index contributed by atoms with van der Waals surface area (Å²) < 4.78 is 0. The molecule has 3 heterocycles. The number of nitrogens with zero attached hydrogens (tertiary/aromatic N) is 1. The zero-order valence-corrected chi connectivity index (χ0v) is 8.57. The number of nitrogens with two attached hydrogens (primary N) is 1.